The first-order valence-corrected chi connectivity index (χ1v) is 9.38. The minimum Gasteiger partial charge on any atom is -0.273 e. The molecule has 2 heterocycles. The third-order valence-electron chi connectivity index (χ3n) is 4.59. The molecule has 136 valence electrons. The van der Waals surface area contributed by atoms with Crippen LogP contribution in [0.3, 0.4) is 0 Å². The van der Waals surface area contributed by atoms with Crippen molar-refractivity contribution >= 4 is 45.9 Å². The normalized spacial score (nSPS) is 16.6. The summed E-state index contributed by atoms with van der Waals surface area (Å²) in [5.41, 5.74) is 4.05. The number of hydrogen-bond acceptors (Lipinski definition) is 4. The Hall–Kier alpha value is -2.50. The molecule has 0 spiro atoms. The highest BCUT2D eigenvalue weighted by molar-refractivity contribution is 6.36. The van der Waals surface area contributed by atoms with Crippen LogP contribution in [0.25, 0.3) is 11.0 Å². The van der Waals surface area contributed by atoms with E-state index in [9.17, 15) is 4.79 Å². The van der Waals surface area contributed by atoms with Gasteiger partial charge in [0.15, 0.2) is 0 Å². The van der Waals surface area contributed by atoms with Gasteiger partial charge in [-0.05, 0) is 35.9 Å². The number of amides is 1. The van der Waals surface area contributed by atoms with Gasteiger partial charge in [-0.25, -0.2) is 5.01 Å². The van der Waals surface area contributed by atoms with Crippen LogP contribution in [0.15, 0.2) is 53.9 Å². The van der Waals surface area contributed by atoms with Gasteiger partial charge >= 0.3 is 0 Å². The molecule has 27 heavy (non-hydrogen) atoms. The van der Waals surface area contributed by atoms with E-state index in [0.717, 1.165) is 27.9 Å². The number of hydrogen-bond donors (Lipinski definition) is 0. The zero-order chi connectivity index (χ0) is 19.0. The Morgan fingerprint density at radius 1 is 1.11 bits per heavy atom. The molecule has 0 fully saturated rings. The SMILES string of the molecule is CCC(=O)N1N=C(c2cc(Cl)ccc2Cl)C[C@H]1c1ccc2nccnc2c1. The highest BCUT2D eigenvalue weighted by Gasteiger charge is 2.33. The average molecular weight is 399 g/mol. The zero-order valence-electron chi connectivity index (χ0n) is 14.6. The van der Waals surface area contributed by atoms with Gasteiger partial charge in [-0.1, -0.05) is 36.2 Å². The first-order chi connectivity index (χ1) is 13.1. The number of hydrazone groups is 1. The maximum absolute atomic E-state index is 12.5. The van der Waals surface area contributed by atoms with Gasteiger partial charge in [0, 0.05) is 40.8 Å². The minimum absolute atomic E-state index is 0.0487. The lowest BCUT2D eigenvalue weighted by Gasteiger charge is -2.21. The van der Waals surface area contributed by atoms with E-state index < -0.39 is 0 Å². The molecule has 0 bridgehead atoms. The minimum atomic E-state index is -0.214. The summed E-state index contributed by atoms with van der Waals surface area (Å²) in [7, 11) is 0. The van der Waals surface area contributed by atoms with Crippen molar-refractivity contribution in [3.8, 4) is 0 Å². The molecule has 1 aromatic heterocycles. The zero-order valence-corrected chi connectivity index (χ0v) is 16.1. The third-order valence-corrected chi connectivity index (χ3v) is 5.15. The molecule has 0 saturated carbocycles. The van der Waals surface area contributed by atoms with E-state index in [-0.39, 0.29) is 11.9 Å². The van der Waals surface area contributed by atoms with E-state index in [2.05, 4.69) is 15.1 Å². The van der Waals surface area contributed by atoms with Crippen LogP contribution < -0.4 is 0 Å². The summed E-state index contributed by atoms with van der Waals surface area (Å²) in [6.45, 7) is 1.82. The Morgan fingerprint density at radius 2 is 1.89 bits per heavy atom. The van der Waals surface area contributed by atoms with Gasteiger partial charge in [0.25, 0.3) is 0 Å². The highest BCUT2D eigenvalue weighted by Crippen LogP contribution is 2.36. The Balaban J connectivity index is 1.76. The Bertz CT molecular complexity index is 1070. The third kappa shape index (κ3) is 3.40. The first-order valence-electron chi connectivity index (χ1n) is 8.62. The van der Waals surface area contributed by atoms with Gasteiger partial charge in [0.2, 0.25) is 5.91 Å². The van der Waals surface area contributed by atoms with E-state index in [1.807, 2.05) is 25.1 Å². The molecule has 4 rings (SSSR count). The highest BCUT2D eigenvalue weighted by atomic mass is 35.5. The molecule has 0 N–H and O–H groups in total. The number of carbonyl (C=O) groups is 1. The second-order valence-corrected chi connectivity index (χ2v) is 7.13. The van der Waals surface area contributed by atoms with Crippen LogP contribution in [0.1, 0.15) is 36.9 Å². The Labute approximate surface area is 166 Å². The summed E-state index contributed by atoms with van der Waals surface area (Å²) in [5, 5.41) is 7.28. The van der Waals surface area contributed by atoms with Gasteiger partial charge in [-0.2, -0.15) is 5.10 Å². The van der Waals surface area contributed by atoms with Crippen LogP contribution in [-0.4, -0.2) is 26.6 Å². The van der Waals surface area contributed by atoms with Crippen LogP contribution in [0, 0.1) is 0 Å². The molecular formula is C20H16Cl2N4O. The summed E-state index contributed by atoms with van der Waals surface area (Å²) >= 11 is 12.5. The van der Waals surface area contributed by atoms with Crippen molar-refractivity contribution in [3.63, 3.8) is 0 Å². The van der Waals surface area contributed by atoms with Crippen molar-refractivity contribution in [3.05, 3.63) is 70.0 Å². The monoisotopic (exact) mass is 398 g/mol. The molecule has 1 atom stereocenters. The topological polar surface area (TPSA) is 58.5 Å². The maximum Gasteiger partial charge on any atom is 0.242 e. The van der Waals surface area contributed by atoms with Gasteiger partial charge < -0.3 is 0 Å². The fourth-order valence-corrected chi connectivity index (χ4v) is 3.63. The Morgan fingerprint density at radius 3 is 2.67 bits per heavy atom. The average Bonchev–Trinajstić information content (AvgIpc) is 3.14. The molecule has 3 aromatic rings. The molecule has 2 aromatic carbocycles. The molecule has 0 saturated heterocycles. The van der Waals surface area contributed by atoms with E-state index in [4.69, 9.17) is 23.2 Å². The van der Waals surface area contributed by atoms with E-state index in [0.29, 0.717) is 22.9 Å². The number of carbonyl (C=O) groups excluding carboxylic acids is 1. The fourth-order valence-electron chi connectivity index (χ4n) is 3.23. The molecule has 1 aliphatic rings. The smallest absolute Gasteiger partial charge is 0.242 e. The van der Waals surface area contributed by atoms with E-state index in [1.165, 1.54) is 0 Å². The van der Waals surface area contributed by atoms with Gasteiger partial charge in [-0.3, -0.25) is 14.8 Å². The number of aromatic nitrogens is 2. The van der Waals surface area contributed by atoms with Crippen LogP contribution in [0.4, 0.5) is 0 Å². The lowest BCUT2D eigenvalue weighted by molar-refractivity contribution is -0.132. The first kappa shape index (κ1) is 17.9. The number of rotatable bonds is 3. The van der Waals surface area contributed by atoms with E-state index >= 15 is 0 Å². The molecule has 0 aliphatic carbocycles. The van der Waals surface area contributed by atoms with Crippen LogP contribution in [0.2, 0.25) is 10.0 Å². The van der Waals surface area contributed by atoms with Crippen molar-refractivity contribution in [1.82, 2.24) is 15.0 Å². The fraction of sp³-hybridized carbons (Fsp3) is 0.200. The summed E-state index contributed by atoms with van der Waals surface area (Å²) in [5.74, 6) is -0.0487. The van der Waals surface area contributed by atoms with Crippen LogP contribution >= 0.6 is 23.2 Å². The summed E-state index contributed by atoms with van der Waals surface area (Å²) in [6, 6.07) is 10.9. The summed E-state index contributed by atoms with van der Waals surface area (Å²) < 4.78 is 0. The molecule has 5 nitrogen and oxygen atoms in total. The lowest BCUT2D eigenvalue weighted by Crippen LogP contribution is -2.26. The standard InChI is InChI=1S/C20H16Cl2N4O/c1-2-20(27)26-19(12-3-6-16-18(9-12)24-8-7-23-16)11-17(25-26)14-10-13(21)4-5-15(14)22/h3-10,19H,2,11H2,1H3/t19-/m0/s1. The Kier molecular flexibility index (Phi) is 4.81. The molecule has 7 heteroatoms. The number of benzene rings is 2. The predicted octanol–water partition coefficient (Wildman–Crippen LogP) is 5.02. The molecule has 1 amide bonds. The van der Waals surface area contributed by atoms with Gasteiger partial charge in [0.1, 0.15) is 0 Å². The number of halogens is 2. The second-order valence-electron chi connectivity index (χ2n) is 6.29. The van der Waals surface area contributed by atoms with E-state index in [1.54, 1.807) is 35.6 Å². The molecule has 0 unspecified atom stereocenters. The van der Waals surface area contributed by atoms with Gasteiger partial charge in [-0.15, -0.1) is 0 Å². The largest absolute Gasteiger partial charge is 0.273 e. The van der Waals surface area contributed by atoms with Crippen molar-refractivity contribution in [2.24, 2.45) is 5.10 Å². The second kappa shape index (κ2) is 7.25. The number of fused-ring (bicyclic) bond motifs is 1. The summed E-state index contributed by atoms with van der Waals surface area (Å²) in [6.07, 6.45) is 4.23. The van der Waals surface area contributed by atoms with Gasteiger partial charge in [0.05, 0.1) is 22.8 Å². The quantitative estimate of drug-likeness (QED) is 0.621. The maximum atomic E-state index is 12.5. The van der Waals surface area contributed by atoms with Crippen molar-refractivity contribution in [1.29, 1.82) is 0 Å². The number of nitrogens with zero attached hydrogens (tertiary/aromatic N) is 4. The molecule has 1 aliphatic heterocycles. The van der Waals surface area contributed by atoms with Crippen LogP contribution in [-0.2, 0) is 4.79 Å². The molecule has 0 radical (unpaired) electrons. The van der Waals surface area contributed by atoms with Crippen LogP contribution in [0.5, 0.6) is 0 Å². The van der Waals surface area contributed by atoms with Crippen molar-refractivity contribution in [2.45, 2.75) is 25.8 Å². The molecular weight excluding hydrogens is 383 g/mol. The van der Waals surface area contributed by atoms with Crippen molar-refractivity contribution < 1.29 is 4.79 Å². The summed E-state index contributed by atoms with van der Waals surface area (Å²) in [4.78, 5) is 21.2. The predicted molar refractivity (Wildman–Crippen MR) is 107 cm³/mol. The van der Waals surface area contributed by atoms with Crippen molar-refractivity contribution in [2.75, 3.05) is 0 Å². The lowest BCUT2D eigenvalue weighted by atomic mass is 9.98.